The Hall–Kier alpha value is 0.315. The second-order valence-corrected chi connectivity index (χ2v) is 1.59. The van der Waals surface area contributed by atoms with Gasteiger partial charge < -0.3 is 4.65 Å². The van der Waals surface area contributed by atoms with Gasteiger partial charge in [-0.25, -0.2) is 0 Å². The Balaban J connectivity index is 2.45. The van der Waals surface area contributed by atoms with Crippen molar-refractivity contribution < 1.29 is 4.65 Å². The minimum absolute atomic E-state index is 0.333. The van der Waals surface area contributed by atoms with Crippen molar-refractivity contribution in [1.82, 2.24) is 0 Å². The second kappa shape index (κ2) is 6.31. The van der Waals surface area contributed by atoms with Gasteiger partial charge in [-0.3, -0.25) is 0 Å². The van der Waals surface area contributed by atoms with Crippen LogP contribution in [0.3, 0.4) is 0 Å². The Morgan fingerprint density at radius 1 is 1.71 bits per heavy atom. The average Bonchev–Trinajstić information content (AvgIpc) is 1.69. The fraction of sp³-hybridized carbons (Fsp3) is 1.00. The fourth-order valence-corrected chi connectivity index (χ4v) is 0.410. The summed E-state index contributed by atoms with van der Waals surface area (Å²) in [6.45, 7) is 3.26. The summed E-state index contributed by atoms with van der Waals surface area (Å²) in [7, 11) is 0. The van der Waals surface area contributed by atoms with Crippen LogP contribution in [-0.4, -0.2) is 13.5 Å². The molecule has 0 saturated carbocycles. The van der Waals surface area contributed by atoms with Gasteiger partial charge in [0.1, 0.15) is 0 Å². The van der Waals surface area contributed by atoms with E-state index in [0.717, 1.165) is 13.0 Å². The van der Waals surface area contributed by atoms with Crippen LogP contribution in [0.5, 0.6) is 0 Å². The number of rotatable bonds is 4. The summed E-state index contributed by atoms with van der Waals surface area (Å²) < 4.78 is 4.84. The van der Waals surface area contributed by atoms with Crippen LogP contribution in [0.25, 0.3) is 0 Å². The zero-order chi connectivity index (χ0) is 5.54. The van der Waals surface area contributed by atoms with Crippen LogP contribution in [0, 0.1) is 0 Å². The summed E-state index contributed by atoms with van der Waals surface area (Å²) in [4.78, 5) is 0. The van der Waals surface area contributed by atoms with Crippen LogP contribution >= 0.6 is 11.5 Å². The minimum atomic E-state index is 0.333. The van der Waals surface area contributed by atoms with Crippen molar-refractivity contribution in [3.8, 4) is 0 Å². The smallest absolute Gasteiger partial charge is 0.380 e. The van der Waals surface area contributed by atoms with Crippen molar-refractivity contribution in [2.75, 3.05) is 6.61 Å². The van der Waals surface area contributed by atoms with E-state index in [1.165, 1.54) is 6.42 Å². The van der Waals surface area contributed by atoms with Gasteiger partial charge in [-0.05, 0) is 6.42 Å². The van der Waals surface area contributed by atoms with E-state index in [1.807, 2.05) is 0 Å². The maximum atomic E-state index is 5.22. The van der Waals surface area contributed by atoms with Crippen LogP contribution in [-0.2, 0) is 4.65 Å². The summed E-state index contributed by atoms with van der Waals surface area (Å²) in [6, 6.07) is 0. The lowest BCUT2D eigenvalue weighted by atomic mass is 10.3. The molecule has 0 aliphatic carbocycles. The van der Waals surface area contributed by atoms with Gasteiger partial charge in [0.25, 0.3) is 0 Å². The third kappa shape index (κ3) is 6.31. The highest BCUT2D eigenvalue weighted by Gasteiger charge is 1.82. The van der Waals surface area contributed by atoms with Crippen LogP contribution in [0.15, 0.2) is 0 Å². The zero-order valence-electron chi connectivity index (χ0n) is 4.61. The first-order chi connectivity index (χ1) is 3.41. The number of hydrogen-bond donors (Lipinski definition) is 0. The summed E-state index contributed by atoms with van der Waals surface area (Å²) in [5.41, 5.74) is 0. The van der Waals surface area contributed by atoms with Gasteiger partial charge in [0.15, 0.2) is 0 Å². The molecular formula is C4H10BClO. The van der Waals surface area contributed by atoms with Crippen LogP contribution < -0.4 is 0 Å². The molecule has 0 rings (SSSR count). The average molecular weight is 120 g/mol. The highest BCUT2D eigenvalue weighted by atomic mass is 35.5. The number of hydrogen-bond acceptors (Lipinski definition) is 1. The summed E-state index contributed by atoms with van der Waals surface area (Å²) in [6.07, 6.45) is 2.30. The molecule has 0 saturated heterocycles. The van der Waals surface area contributed by atoms with Crippen molar-refractivity contribution in [3.05, 3.63) is 0 Å². The topological polar surface area (TPSA) is 9.23 Å². The molecule has 0 fully saturated rings. The highest BCUT2D eigenvalue weighted by Crippen LogP contribution is 1.86. The molecule has 0 spiro atoms. The van der Waals surface area contributed by atoms with Crippen LogP contribution in [0.4, 0.5) is 0 Å². The van der Waals surface area contributed by atoms with Gasteiger partial charge >= 0.3 is 6.90 Å². The Labute approximate surface area is 50.2 Å². The molecule has 42 valence electrons. The monoisotopic (exact) mass is 120 g/mol. The molecule has 0 N–H and O–H groups in total. The molecule has 0 radical (unpaired) electrons. The Morgan fingerprint density at radius 3 is 2.86 bits per heavy atom. The predicted octanol–water partition coefficient (Wildman–Crippen LogP) is 1.31. The van der Waals surface area contributed by atoms with Crippen molar-refractivity contribution >= 4 is 18.4 Å². The third-order valence-corrected chi connectivity index (χ3v) is 0.874. The number of unbranched alkanes of at least 4 members (excludes halogenated alkanes) is 1. The van der Waals surface area contributed by atoms with Gasteiger partial charge in [0.2, 0.25) is 0 Å². The van der Waals surface area contributed by atoms with Crippen LogP contribution in [0.2, 0.25) is 0 Å². The molecule has 0 unspecified atom stereocenters. The maximum absolute atomic E-state index is 5.22. The lowest BCUT2D eigenvalue weighted by molar-refractivity contribution is 0.335. The molecular weight excluding hydrogens is 110 g/mol. The molecule has 1 nitrogen and oxygen atoms in total. The van der Waals surface area contributed by atoms with E-state index in [2.05, 4.69) is 6.92 Å². The summed E-state index contributed by atoms with van der Waals surface area (Å²) in [5.74, 6) is 0. The molecule has 7 heavy (non-hydrogen) atoms. The van der Waals surface area contributed by atoms with Gasteiger partial charge in [-0.15, -0.1) is 0 Å². The van der Waals surface area contributed by atoms with Crippen molar-refractivity contribution in [3.63, 3.8) is 0 Å². The molecule has 0 aromatic carbocycles. The molecule has 0 aliphatic heterocycles. The Morgan fingerprint density at radius 2 is 2.43 bits per heavy atom. The second-order valence-electron chi connectivity index (χ2n) is 1.37. The molecule has 0 aliphatic rings. The number of halogens is 1. The molecule has 3 heteroatoms. The summed E-state index contributed by atoms with van der Waals surface area (Å²) in [5, 5.41) is 0. The van der Waals surface area contributed by atoms with E-state index >= 15 is 0 Å². The van der Waals surface area contributed by atoms with Gasteiger partial charge in [-0.2, -0.15) is 11.5 Å². The standard InChI is InChI=1S/C4H10BClO/c1-2-3-4-7-5-6/h5H,2-4H2,1H3. The first kappa shape index (κ1) is 7.31. The lowest BCUT2D eigenvalue weighted by Crippen LogP contribution is -1.92. The quantitative estimate of drug-likeness (QED) is 0.401. The van der Waals surface area contributed by atoms with Crippen molar-refractivity contribution in [2.24, 2.45) is 0 Å². The van der Waals surface area contributed by atoms with E-state index in [4.69, 9.17) is 16.1 Å². The fourth-order valence-electron chi connectivity index (χ4n) is 0.301. The van der Waals surface area contributed by atoms with Gasteiger partial charge in [0, 0.05) is 6.61 Å². The molecule has 0 aromatic rings. The molecule has 0 atom stereocenters. The van der Waals surface area contributed by atoms with E-state index in [1.54, 1.807) is 0 Å². The SMILES string of the molecule is CCCCOBCl. The maximum Gasteiger partial charge on any atom is 0.380 e. The van der Waals surface area contributed by atoms with Gasteiger partial charge in [0.05, 0.1) is 0 Å². The Kier molecular flexibility index (Phi) is 6.60. The van der Waals surface area contributed by atoms with E-state index in [9.17, 15) is 0 Å². The lowest BCUT2D eigenvalue weighted by Gasteiger charge is -1.92. The van der Waals surface area contributed by atoms with Crippen LogP contribution in [0.1, 0.15) is 19.8 Å². The zero-order valence-corrected chi connectivity index (χ0v) is 5.37. The van der Waals surface area contributed by atoms with Gasteiger partial charge in [-0.1, -0.05) is 13.3 Å². The first-order valence-electron chi connectivity index (χ1n) is 2.55. The first-order valence-corrected chi connectivity index (χ1v) is 3.09. The highest BCUT2D eigenvalue weighted by molar-refractivity contribution is 6.89. The van der Waals surface area contributed by atoms with E-state index < -0.39 is 0 Å². The Bertz CT molecular complexity index is 30.9. The molecule has 0 aromatic heterocycles. The van der Waals surface area contributed by atoms with Crippen molar-refractivity contribution in [2.45, 2.75) is 19.8 Å². The van der Waals surface area contributed by atoms with Crippen molar-refractivity contribution in [1.29, 1.82) is 0 Å². The molecule has 0 bridgehead atoms. The normalized spacial score (nSPS) is 8.86. The minimum Gasteiger partial charge on any atom is -0.424 e. The largest absolute Gasteiger partial charge is 0.424 e. The van der Waals surface area contributed by atoms with E-state index in [0.29, 0.717) is 6.90 Å². The molecule has 0 heterocycles. The third-order valence-electron chi connectivity index (χ3n) is 0.719. The van der Waals surface area contributed by atoms with E-state index in [-0.39, 0.29) is 0 Å². The summed E-state index contributed by atoms with van der Waals surface area (Å²) >= 11 is 5.22. The predicted molar refractivity (Wildman–Crippen MR) is 33.9 cm³/mol. The molecule has 0 amide bonds.